The van der Waals surface area contributed by atoms with Gasteiger partial charge < -0.3 is 6.53 Å². The van der Waals surface area contributed by atoms with Crippen molar-refractivity contribution in [1.82, 2.24) is 0 Å². The van der Waals surface area contributed by atoms with Crippen molar-refractivity contribution < 1.29 is 36.1 Å². The van der Waals surface area contributed by atoms with Crippen molar-refractivity contribution in [3.8, 4) is 5.75 Å². The maximum atomic E-state index is 8.97. The number of hydrogen-bond donors (Lipinski definition) is 1. The van der Waals surface area contributed by atoms with Gasteiger partial charge >= 0.3 is 29.6 Å². The Hall–Kier alpha value is 0.310. The van der Waals surface area contributed by atoms with Crippen LogP contribution in [0.3, 0.4) is 0 Å². The van der Waals surface area contributed by atoms with E-state index in [4.69, 9.17) is 16.7 Å². The first-order valence-corrected chi connectivity index (χ1v) is 3.03. The van der Waals surface area contributed by atoms with Crippen LogP contribution < -0.4 is 29.6 Å². The van der Waals surface area contributed by atoms with Crippen LogP contribution in [0.4, 0.5) is 0 Å². The molecule has 0 aliphatic rings. The van der Waals surface area contributed by atoms with Crippen molar-refractivity contribution in [3.05, 3.63) is 28.8 Å². The van der Waals surface area contributed by atoms with Gasteiger partial charge in [0.15, 0.2) is 0 Å². The Bertz CT molecular complexity index is 209. The third-order valence-corrected chi connectivity index (χ3v) is 1.66. The van der Waals surface area contributed by atoms with Crippen LogP contribution in [0.5, 0.6) is 5.75 Å². The van der Waals surface area contributed by atoms with E-state index in [0.29, 0.717) is 5.02 Å². The molecule has 0 spiro atoms. The molecule has 10 heavy (non-hydrogen) atoms. The molecule has 0 atom stereocenters. The fourth-order valence-corrected chi connectivity index (χ4v) is 0.758. The first-order chi connectivity index (χ1) is 4.22. The van der Waals surface area contributed by atoms with E-state index in [9.17, 15) is 0 Å². The van der Waals surface area contributed by atoms with E-state index in [1.807, 2.05) is 13.0 Å². The van der Waals surface area contributed by atoms with E-state index >= 15 is 0 Å². The summed E-state index contributed by atoms with van der Waals surface area (Å²) >= 11 is 5.63. The molecule has 1 rings (SSSR count). The Morgan fingerprint density at radius 1 is 1.50 bits per heavy atom. The van der Waals surface area contributed by atoms with Gasteiger partial charge in [-0.15, -0.1) is 0 Å². The van der Waals surface area contributed by atoms with E-state index in [2.05, 4.69) is 0 Å². The minimum absolute atomic E-state index is 0. The van der Waals surface area contributed by atoms with Crippen molar-refractivity contribution in [3.63, 3.8) is 0 Å². The van der Waals surface area contributed by atoms with E-state index < -0.39 is 0 Å². The maximum absolute atomic E-state index is 8.97. The van der Waals surface area contributed by atoms with Crippen molar-refractivity contribution in [1.29, 1.82) is 0 Å². The first kappa shape index (κ1) is 10.3. The number of hydrogen-bond acceptors (Lipinski definition) is 1. The van der Waals surface area contributed by atoms with Crippen LogP contribution in [-0.4, -0.2) is 5.11 Å². The summed E-state index contributed by atoms with van der Waals surface area (Å²) in [6, 6.07) is 5.17. The Balaban J connectivity index is 0. The standard InChI is InChI=1S/C7H7ClO.Na.H/c1-5-3-2-4-6(9)7(5)8;;/h2-4,9H,1H3;;/q;+1;-1. The van der Waals surface area contributed by atoms with Crippen molar-refractivity contribution in [2.24, 2.45) is 0 Å². The number of aromatic hydroxyl groups is 1. The fourth-order valence-electron chi connectivity index (χ4n) is 0.632. The summed E-state index contributed by atoms with van der Waals surface area (Å²) in [6.07, 6.45) is 0. The summed E-state index contributed by atoms with van der Waals surface area (Å²) in [7, 11) is 0. The van der Waals surface area contributed by atoms with E-state index in [-0.39, 0.29) is 36.7 Å². The molecule has 1 nitrogen and oxygen atoms in total. The number of halogens is 1. The van der Waals surface area contributed by atoms with Crippen molar-refractivity contribution in [2.75, 3.05) is 0 Å². The van der Waals surface area contributed by atoms with Crippen molar-refractivity contribution in [2.45, 2.75) is 6.92 Å². The molecule has 1 N–H and O–H groups in total. The molecule has 0 bridgehead atoms. The molecule has 1 aromatic carbocycles. The van der Waals surface area contributed by atoms with Gasteiger partial charge in [0.1, 0.15) is 5.75 Å². The molecular weight excluding hydrogens is 159 g/mol. The topological polar surface area (TPSA) is 20.2 Å². The van der Waals surface area contributed by atoms with Gasteiger partial charge in [-0.3, -0.25) is 0 Å². The van der Waals surface area contributed by atoms with Gasteiger partial charge in [0.2, 0.25) is 0 Å². The van der Waals surface area contributed by atoms with Gasteiger partial charge in [-0.2, -0.15) is 0 Å². The Morgan fingerprint density at radius 2 is 2.10 bits per heavy atom. The summed E-state index contributed by atoms with van der Waals surface area (Å²) in [5.74, 6) is 0.150. The number of aryl methyl sites for hydroxylation is 1. The molecule has 0 radical (unpaired) electrons. The van der Waals surface area contributed by atoms with Crippen LogP contribution in [-0.2, 0) is 0 Å². The Labute approximate surface area is 88.8 Å². The van der Waals surface area contributed by atoms with E-state index in [0.717, 1.165) is 5.56 Å². The van der Waals surface area contributed by atoms with Crippen molar-refractivity contribution >= 4 is 11.6 Å². The number of phenols is 1. The van der Waals surface area contributed by atoms with Crippen LogP contribution in [0.1, 0.15) is 6.99 Å². The van der Waals surface area contributed by atoms with Gasteiger partial charge in [-0.05, 0) is 18.6 Å². The Morgan fingerprint density at radius 3 is 2.50 bits per heavy atom. The van der Waals surface area contributed by atoms with E-state index in [1.54, 1.807) is 12.1 Å². The fraction of sp³-hybridized carbons (Fsp3) is 0.143. The maximum Gasteiger partial charge on any atom is 1.00 e. The van der Waals surface area contributed by atoms with Crippen LogP contribution in [0.15, 0.2) is 18.2 Å². The molecule has 0 saturated carbocycles. The molecule has 0 amide bonds. The van der Waals surface area contributed by atoms with Crippen LogP contribution in [0.2, 0.25) is 5.02 Å². The monoisotopic (exact) mass is 166 g/mol. The number of phenolic OH excluding ortho intramolecular Hbond substituents is 1. The van der Waals surface area contributed by atoms with Gasteiger partial charge in [0.25, 0.3) is 0 Å². The summed E-state index contributed by atoms with van der Waals surface area (Å²) in [6.45, 7) is 1.85. The molecule has 1 aromatic rings. The molecule has 0 heterocycles. The van der Waals surface area contributed by atoms with Gasteiger partial charge in [-0.1, -0.05) is 23.7 Å². The van der Waals surface area contributed by atoms with Gasteiger partial charge in [-0.25, -0.2) is 0 Å². The average Bonchev–Trinajstić information content (AvgIpc) is 1.83. The summed E-state index contributed by atoms with van der Waals surface area (Å²) in [5, 5.41) is 9.41. The molecule has 0 saturated heterocycles. The summed E-state index contributed by atoms with van der Waals surface area (Å²) in [4.78, 5) is 0. The zero-order valence-electron chi connectivity index (χ0n) is 7.06. The minimum atomic E-state index is 0. The van der Waals surface area contributed by atoms with Gasteiger partial charge in [0, 0.05) is 0 Å². The Kier molecular flexibility index (Phi) is 4.37. The number of rotatable bonds is 0. The quantitative estimate of drug-likeness (QED) is 0.514. The minimum Gasteiger partial charge on any atom is -1.00 e. The average molecular weight is 167 g/mol. The molecule has 3 heteroatoms. The van der Waals surface area contributed by atoms with Crippen LogP contribution in [0.25, 0.3) is 0 Å². The molecule has 0 fully saturated rings. The largest absolute Gasteiger partial charge is 1.00 e. The predicted octanol–water partition coefficient (Wildman–Crippen LogP) is -0.529. The van der Waals surface area contributed by atoms with Crippen LogP contribution in [0, 0.1) is 6.92 Å². The second kappa shape index (κ2) is 4.24. The zero-order valence-corrected chi connectivity index (χ0v) is 8.81. The molecule has 0 aromatic heterocycles. The normalized spacial score (nSPS) is 8.60. The molecule has 0 aliphatic heterocycles. The third-order valence-electron chi connectivity index (χ3n) is 1.17. The molecule has 0 aliphatic carbocycles. The van der Waals surface area contributed by atoms with Gasteiger partial charge in [0.05, 0.1) is 5.02 Å². The summed E-state index contributed by atoms with van der Waals surface area (Å²) in [5.41, 5.74) is 0.900. The molecular formula is C7H8ClNaO. The smallest absolute Gasteiger partial charge is 1.00 e. The molecule has 50 valence electrons. The number of benzene rings is 1. The van der Waals surface area contributed by atoms with Crippen LogP contribution >= 0.6 is 11.6 Å². The second-order valence-corrected chi connectivity index (χ2v) is 2.29. The second-order valence-electron chi connectivity index (χ2n) is 1.91. The predicted molar refractivity (Wildman–Crippen MR) is 39.0 cm³/mol. The summed E-state index contributed by atoms with van der Waals surface area (Å²) < 4.78 is 0. The van der Waals surface area contributed by atoms with E-state index in [1.165, 1.54) is 0 Å². The zero-order chi connectivity index (χ0) is 6.85. The third kappa shape index (κ3) is 2.17. The first-order valence-electron chi connectivity index (χ1n) is 2.66. The SMILES string of the molecule is Cc1cccc(O)c1Cl.[H-].[Na+]. The molecule has 0 unspecified atom stereocenters.